The van der Waals surface area contributed by atoms with Crippen LogP contribution in [0.1, 0.15) is 12.0 Å². The summed E-state index contributed by atoms with van der Waals surface area (Å²) >= 11 is 0. The molecule has 0 unspecified atom stereocenters. The minimum absolute atomic E-state index is 0.111. The van der Waals surface area contributed by atoms with Crippen molar-refractivity contribution in [1.29, 1.82) is 0 Å². The first-order valence-electron chi connectivity index (χ1n) is 4.21. The Balaban J connectivity index is 2.45. The quantitative estimate of drug-likeness (QED) is 0.859. The van der Waals surface area contributed by atoms with Gasteiger partial charge in [-0.15, -0.1) is 5.10 Å². The molecule has 7 heteroatoms. The van der Waals surface area contributed by atoms with Gasteiger partial charge in [0.15, 0.2) is 0 Å². The second kappa shape index (κ2) is 3.84. The van der Waals surface area contributed by atoms with Gasteiger partial charge in [0.1, 0.15) is 5.82 Å². The maximum atomic E-state index is 13.2. The van der Waals surface area contributed by atoms with Gasteiger partial charge in [-0.05, 0) is 18.2 Å². The van der Waals surface area contributed by atoms with Crippen molar-refractivity contribution >= 4 is 0 Å². The van der Waals surface area contributed by atoms with E-state index >= 15 is 0 Å². The first-order valence-corrected chi connectivity index (χ1v) is 4.21. The Morgan fingerprint density at radius 2 is 2.12 bits per heavy atom. The van der Waals surface area contributed by atoms with E-state index in [1.807, 2.05) is 5.10 Å². The van der Waals surface area contributed by atoms with Crippen molar-refractivity contribution in [2.75, 3.05) is 0 Å². The molecule has 16 heavy (non-hydrogen) atoms. The van der Waals surface area contributed by atoms with Crippen molar-refractivity contribution in [3.8, 4) is 11.5 Å². The maximum absolute atomic E-state index is 13.2. The van der Waals surface area contributed by atoms with E-state index in [1.165, 1.54) is 6.07 Å². The van der Waals surface area contributed by atoms with Crippen molar-refractivity contribution < 1.29 is 17.6 Å². The van der Waals surface area contributed by atoms with Crippen LogP contribution in [0, 0.1) is 5.82 Å². The highest BCUT2D eigenvalue weighted by Crippen LogP contribution is 2.25. The van der Waals surface area contributed by atoms with Crippen LogP contribution in [-0.2, 0) is 0 Å². The first kappa shape index (κ1) is 10.5. The minimum Gasteiger partial charge on any atom is -0.388 e. The van der Waals surface area contributed by atoms with Gasteiger partial charge >= 0.3 is 5.76 Å². The van der Waals surface area contributed by atoms with Crippen LogP contribution in [0.3, 0.4) is 0 Å². The largest absolute Gasteiger partial charge is 0.434 e. The number of hydrogen-bond acceptors (Lipinski definition) is 3. The van der Waals surface area contributed by atoms with E-state index in [4.69, 9.17) is 0 Å². The zero-order chi connectivity index (χ0) is 11.7. The summed E-state index contributed by atoms with van der Waals surface area (Å²) in [6.07, 6.45) is -2.89. The molecule has 0 spiro atoms. The Labute approximate surface area is 86.7 Å². The zero-order valence-electron chi connectivity index (χ0n) is 7.71. The molecule has 1 aromatic heterocycles. The Kier molecular flexibility index (Phi) is 2.51. The van der Waals surface area contributed by atoms with Crippen LogP contribution >= 0.6 is 0 Å². The molecule has 4 nitrogen and oxygen atoms in total. The molecule has 1 aromatic carbocycles. The lowest BCUT2D eigenvalue weighted by Crippen LogP contribution is -1.93. The summed E-state index contributed by atoms with van der Waals surface area (Å²) in [5, 5.41) is 5.42. The Morgan fingerprint density at radius 1 is 1.38 bits per heavy atom. The fourth-order valence-corrected chi connectivity index (χ4v) is 1.19. The van der Waals surface area contributed by atoms with Gasteiger partial charge in [-0.1, -0.05) is 0 Å². The van der Waals surface area contributed by atoms with Crippen LogP contribution in [0.2, 0.25) is 0 Å². The summed E-state index contributed by atoms with van der Waals surface area (Å²) in [5.74, 6) is -2.02. The number of alkyl halides is 2. The molecule has 0 atom stereocenters. The van der Waals surface area contributed by atoms with Crippen LogP contribution in [0.15, 0.2) is 27.4 Å². The normalized spacial score (nSPS) is 11.0. The highest BCUT2D eigenvalue weighted by atomic mass is 19.3. The highest BCUT2D eigenvalue weighted by molar-refractivity contribution is 5.53. The lowest BCUT2D eigenvalue weighted by molar-refractivity contribution is 0.146. The fraction of sp³-hybridized carbons (Fsp3) is 0.111. The predicted octanol–water partition coefficient (Wildman–Crippen LogP) is 2.11. The lowest BCUT2D eigenvalue weighted by Gasteiger charge is -2.02. The number of nitrogens with zero attached hydrogens (tertiary/aromatic N) is 1. The number of hydrogen-bond donors (Lipinski definition) is 1. The van der Waals surface area contributed by atoms with Crippen molar-refractivity contribution in [3.63, 3.8) is 0 Å². The summed E-state index contributed by atoms with van der Waals surface area (Å²) in [6.45, 7) is 0. The van der Waals surface area contributed by atoms with Gasteiger partial charge in [-0.2, -0.15) is 0 Å². The van der Waals surface area contributed by atoms with Crippen molar-refractivity contribution in [3.05, 3.63) is 40.1 Å². The molecule has 0 saturated heterocycles. The average Bonchev–Trinajstić information content (AvgIpc) is 2.64. The van der Waals surface area contributed by atoms with E-state index in [1.54, 1.807) is 0 Å². The van der Waals surface area contributed by atoms with E-state index in [9.17, 15) is 18.0 Å². The predicted molar refractivity (Wildman–Crippen MR) is 47.5 cm³/mol. The second-order valence-corrected chi connectivity index (χ2v) is 2.96. The smallest absolute Gasteiger partial charge is 0.388 e. The summed E-state index contributed by atoms with van der Waals surface area (Å²) in [5.41, 5.74) is -0.595. The maximum Gasteiger partial charge on any atom is 0.434 e. The molecule has 1 heterocycles. The number of benzene rings is 1. The number of nitrogens with one attached hydrogen (secondary N) is 1. The average molecular weight is 230 g/mol. The molecular weight excluding hydrogens is 225 g/mol. The van der Waals surface area contributed by atoms with Gasteiger partial charge in [-0.25, -0.2) is 23.1 Å². The molecule has 0 aliphatic carbocycles. The molecule has 1 N–H and O–H groups in total. The topological polar surface area (TPSA) is 58.9 Å². The van der Waals surface area contributed by atoms with E-state index in [2.05, 4.69) is 9.52 Å². The monoisotopic (exact) mass is 230 g/mol. The number of aromatic nitrogens is 2. The number of H-pyrrole nitrogens is 1. The molecule has 84 valence electrons. The Morgan fingerprint density at radius 3 is 2.62 bits per heavy atom. The second-order valence-electron chi connectivity index (χ2n) is 2.96. The zero-order valence-corrected chi connectivity index (χ0v) is 7.71. The van der Waals surface area contributed by atoms with Crippen LogP contribution < -0.4 is 5.76 Å². The molecule has 2 aromatic rings. The van der Waals surface area contributed by atoms with Crippen LogP contribution in [0.4, 0.5) is 13.2 Å². The Bertz CT molecular complexity index is 562. The molecule has 0 saturated carbocycles. The van der Waals surface area contributed by atoms with E-state index < -0.39 is 23.6 Å². The highest BCUT2D eigenvalue weighted by Gasteiger charge is 2.15. The van der Waals surface area contributed by atoms with Gasteiger partial charge in [0.2, 0.25) is 5.89 Å². The molecule has 0 aliphatic rings. The molecule has 0 fully saturated rings. The van der Waals surface area contributed by atoms with Gasteiger partial charge < -0.3 is 4.42 Å². The molecule has 0 bridgehead atoms. The lowest BCUT2D eigenvalue weighted by atomic mass is 10.1. The minimum atomic E-state index is -2.89. The molecule has 0 radical (unpaired) electrons. The van der Waals surface area contributed by atoms with E-state index in [0.717, 1.165) is 12.1 Å². The third kappa shape index (κ3) is 1.83. The number of aromatic amines is 1. The third-order valence-electron chi connectivity index (χ3n) is 1.92. The van der Waals surface area contributed by atoms with Gasteiger partial charge in [-0.3, -0.25) is 0 Å². The van der Waals surface area contributed by atoms with Crippen molar-refractivity contribution in [1.82, 2.24) is 10.2 Å². The van der Waals surface area contributed by atoms with Gasteiger partial charge in [0.05, 0.1) is 5.56 Å². The molecule has 2 rings (SSSR count). The summed E-state index contributed by atoms with van der Waals surface area (Å²) in [4.78, 5) is 10.6. The molecule has 0 aliphatic heterocycles. The van der Waals surface area contributed by atoms with E-state index in [-0.39, 0.29) is 11.5 Å². The first-order chi connectivity index (χ1) is 7.58. The van der Waals surface area contributed by atoms with Crippen LogP contribution in [-0.4, -0.2) is 10.2 Å². The Hall–Kier alpha value is -2.05. The fourth-order valence-electron chi connectivity index (χ4n) is 1.19. The summed E-state index contributed by atoms with van der Waals surface area (Å²) < 4.78 is 42.2. The van der Waals surface area contributed by atoms with Gasteiger partial charge in [0, 0.05) is 5.56 Å². The summed E-state index contributed by atoms with van der Waals surface area (Å²) in [7, 11) is 0. The summed E-state index contributed by atoms with van der Waals surface area (Å²) in [6, 6.07) is 2.95. The molecule has 0 amide bonds. The van der Waals surface area contributed by atoms with Crippen molar-refractivity contribution in [2.45, 2.75) is 6.43 Å². The SMILES string of the molecule is O=c1[nH]nc(-c2ccc(C(F)F)c(F)c2)o1. The molecular formula is C9H5F3N2O2. The van der Waals surface area contributed by atoms with Gasteiger partial charge in [0.25, 0.3) is 6.43 Å². The standard InChI is InChI=1S/C9H5F3N2O2/c10-6-3-4(1-2-5(6)7(11)12)8-13-14-9(15)16-8/h1-3,7H,(H,14,15). The third-order valence-corrected chi connectivity index (χ3v) is 1.92. The van der Waals surface area contributed by atoms with Crippen LogP contribution in [0.5, 0.6) is 0 Å². The van der Waals surface area contributed by atoms with Crippen molar-refractivity contribution in [2.24, 2.45) is 0 Å². The van der Waals surface area contributed by atoms with Crippen LogP contribution in [0.25, 0.3) is 11.5 Å². The van der Waals surface area contributed by atoms with E-state index in [0.29, 0.717) is 0 Å². The number of rotatable bonds is 2. The number of halogens is 3.